The third kappa shape index (κ3) is 4.03. The second-order valence-electron chi connectivity index (χ2n) is 3.37. The number of sulfonamides is 1. The SMILES string of the molecule is COc1ccc(S(=O)(=O)NCC(Cl)Cl)c(C)c1. The molecular weight excluding hydrogens is 285 g/mol. The summed E-state index contributed by atoms with van der Waals surface area (Å²) in [6.45, 7) is 1.66. The molecule has 0 atom stereocenters. The Bertz CT molecular complexity index is 488. The van der Waals surface area contributed by atoms with Crippen molar-refractivity contribution in [1.82, 2.24) is 4.72 Å². The van der Waals surface area contributed by atoms with E-state index >= 15 is 0 Å². The molecule has 0 saturated carbocycles. The van der Waals surface area contributed by atoms with Crippen LogP contribution in [-0.2, 0) is 10.0 Å². The molecule has 17 heavy (non-hydrogen) atoms. The molecule has 0 heterocycles. The predicted molar refractivity (Wildman–Crippen MR) is 68.4 cm³/mol. The minimum absolute atomic E-state index is 0.0308. The number of aryl methyl sites for hydroxylation is 1. The lowest BCUT2D eigenvalue weighted by Crippen LogP contribution is -2.28. The highest BCUT2D eigenvalue weighted by Gasteiger charge is 2.17. The minimum Gasteiger partial charge on any atom is -0.497 e. The van der Waals surface area contributed by atoms with Crippen molar-refractivity contribution in [3.8, 4) is 5.75 Å². The standard InChI is InChI=1S/C10H13Cl2NO3S/c1-7-5-8(16-2)3-4-9(7)17(14,15)13-6-10(11)12/h3-5,10,13H,6H2,1-2H3. The van der Waals surface area contributed by atoms with Gasteiger partial charge in [-0.05, 0) is 30.7 Å². The van der Waals surface area contributed by atoms with Crippen LogP contribution in [0.25, 0.3) is 0 Å². The first-order valence-electron chi connectivity index (χ1n) is 4.79. The summed E-state index contributed by atoms with van der Waals surface area (Å²) in [5.74, 6) is 0.606. The number of alkyl halides is 2. The lowest BCUT2D eigenvalue weighted by atomic mass is 10.2. The van der Waals surface area contributed by atoms with Crippen molar-refractivity contribution in [2.24, 2.45) is 0 Å². The maximum Gasteiger partial charge on any atom is 0.240 e. The Kier molecular flexibility index (Phi) is 5.06. The van der Waals surface area contributed by atoms with E-state index in [0.717, 1.165) is 0 Å². The van der Waals surface area contributed by atoms with Crippen LogP contribution in [0.2, 0.25) is 0 Å². The first kappa shape index (κ1) is 14.6. The van der Waals surface area contributed by atoms with Gasteiger partial charge in [-0.15, -0.1) is 23.2 Å². The van der Waals surface area contributed by atoms with Crippen LogP contribution in [0, 0.1) is 6.92 Å². The average molecular weight is 298 g/mol. The number of ether oxygens (including phenoxy) is 1. The van der Waals surface area contributed by atoms with Gasteiger partial charge in [-0.25, -0.2) is 13.1 Å². The zero-order valence-electron chi connectivity index (χ0n) is 9.41. The van der Waals surface area contributed by atoms with Crippen LogP contribution in [0.3, 0.4) is 0 Å². The Morgan fingerprint density at radius 1 is 1.41 bits per heavy atom. The monoisotopic (exact) mass is 297 g/mol. The van der Waals surface area contributed by atoms with E-state index in [-0.39, 0.29) is 11.4 Å². The van der Waals surface area contributed by atoms with Crippen molar-refractivity contribution in [3.63, 3.8) is 0 Å². The Morgan fingerprint density at radius 2 is 2.06 bits per heavy atom. The first-order valence-corrected chi connectivity index (χ1v) is 7.15. The van der Waals surface area contributed by atoms with Gasteiger partial charge in [0.1, 0.15) is 10.6 Å². The molecule has 0 aliphatic carbocycles. The highest BCUT2D eigenvalue weighted by molar-refractivity contribution is 7.89. The Balaban J connectivity index is 2.99. The average Bonchev–Trinajstić information content (AvgIpc) is 2.26. The summed E-state index contributed by atoms with van der Waals surface area (Å²) in [7, 11) is -2.06. The highest BCUT2D eigenvalue weighted by Crippen LogP contribution is 2.20. The highest BCUT2D eigenvalue weighted by atomic mass is 35.5. The Hall–Kier alpha value is -0.490. The molecule has 7 heteroatoms. The molecule has 96 valence electrons. The fourth-order valence-corrected chi connectivity index (χ4v) is 2.91. The van der Waals surface area contributed by atoms with E-state index in [0.29, 0.717) is 11.3 Å². The van der Waals surface area contributed by atoms with E-state index in [1.54, 1.807) is 19.1 Å². The summed E-state index contributed by atoms with van der Waals surface area (Å²) in [6.07, 6.45) is 0. The van der Waals surface area contributed by atoms with Crippen molar-refractivity contribution in [1.29, 1.82) is 0 Å². The van der Waals surface area contributed by atoms with Gasteiger partial charge in [-0.2, -0.15) is 0 Å². The van der Waals surface area contributed by atoms with Gasteiger partial charge in [-0.3, -0.25) is 0 Å². The molecule has 4 nitrogen and oxygen atoms in total. The smallest absolute Gasteiger partial charge is 0.240 e. The van der Waals surface area contributed by atoms with Crippen LogP contribution in [-0.4, -0.2) is 26.9 Å². The molecule has 0 saturated heterocycles. The molecule has 0 aliphatic heterocycles. The van der Waals surface area contributed by atoms with Crippen LogP contribution < -0.4 is 9.46 Å². The van der Waals surface area contributed by atoms with E-state index in [9.17, 15) is 8.42 Å². The second-order valence-corrected chi connectivity index (χ2v) is 6.39. The van der Waals surface area contributed by atoms with Gasteiger partial charge in [0.15, 0.2) is 0 Å². The van der Waals surface area contributed by atoms with Crippen molar-refractivity contribution in [2.75, 3.05) is 13.7 Å². The summed E-state index contributed by atoms with van der Waals surface area (Å²) in [5.41, 5.74) is 0.595. The number of methoxy groups -OCH3 is 1. The van der Waals surface area contributed by atoms with Crippen molar-refractivity contribution >= 4 is 33.2 Å². The summed E-state index contributed by atoms with van der Waals surface area (Å²) in [4.78, 5) is -0.587. The molecule has 1 N–H and O–H groups in total. The molecule has 1 aromatic rings. The molecule has 0 radical (unpaired) electrons. The van der Waals surface area contributed by atoms with Crippen LogP contribution in [0.4, 0.5) is 0 Å². The number of hydrogen-bond acceptors (Lipinski definition) is 3. The fourth-order valence-electron chi connectivity index (χ4n) is 1.30. The van der Waals surface area contributed by atoms with E-state index in [1.807, 2.05) is 0 Å². The van der Waals surface area contributed by atoms with Crippen molar-refractivity contribution in [2.45, 2.75) is 16.7 Å². The third-order valence-corrected chi connectivity index (χ3v) is 3.99. The number of benzene rings is 1. The number of rotatable bonds is 5. The predicted octanol–water partition coefficient (Wildman–Crippen LogP) is 2.09. The van der Waals surface area contributed by atoms with Gasteiger partial charge in [-0.1, -0.05) is 0 Å². The molecule has 0 amide bonds. The van der Waals surface area contributed by atoms with E-state index in [1.165, 1.54) is 13.2 Å². The maximum absolute atomic E-state index is 11.9. The van der Waals surface area contributed by atoms with Gasteiger partial charge >= 0.3 is 0 Å². The van der Waals surface area contributed by atoms with E-state index in [2.05, 4.69) is 4.72 Å². The number of nitrogens with one attached hydrogen (secondary N) is 1. The zero-order valence-corrected chi connectivity index (χ0v) is 11.7. The number of hydrogen-bond donors (Lipinski definition) is 1. The lowest BCUT2D eigenvalue weighted by molar-refractivity contribution is 0.414. The van der Waals surface area contributed by atoms with Crippen LogP contribution in [0.1, 0.15) is 5.56 Å². The van der Waals surface area contributed by atoms with Gasteiger partial charge < -0.3 is 4.74 Å². The molecule has 0 spiro atoms. The van der Waals surface area contributed by atoms with Crippen LogP contribution >= 0.6 is 23.2 Å². The summed E-state index contributed by atoms with van der Waals surface area (Å²) >= 11 is 11.0. The summed E-state index contributed by atoms with van der Waals surface area (Å²) in [5, 5.41) is 0. The molecule has 0 unspecified atom stereocenters. The summed E-state index contributed by atoms with van der Waals surface area (Å²) in [6, 6.07) is 4.71. The van der Waals surface area contributed by atoms with Crippen molar-refractivity contribution in [3.05, 3.63) is 23.8 Å². The summed E-state index contributed by atoms with van der Waals surface area (Å²) < 4.78 is 31.1. The van der Waals surface area contributed by atoms with Gasteiger partial charge in [0.2, 0.25) is 10.0 Å². The lowest BCUT2D eigenvalue weighted by Gasteiger charge is -2.10. The molecule has 0 fully saturated rings. The topological polar surface area (TPSA) is 55.4 Å². The van der Waals surface area contributed by atoms with Gasteiger partial charge in [0.25, 0.3) is 0 Å². The van der Waals surface area contributed by atoms with Gasteiger partial charge in [0, 0.05) is 6.54 Å². The minimum atomic E-state index is -3.59. The zero-order chi connectivity index (χ0) is 13.1. The molecular formula is C10H13Cl2NO3S. The molecule has 0 bridgehead atoms. The molecule has 0 aliphatic rings. The molecule has 1 aromatic carbocycles. The van der Waals surface area contributed by atoms with E-state index < -0.39 is 14.9 Å². The van der Waals surface area contributed by atoms with Gasteiger partial charge in [0.05, 0.1) is 12.0 Å². The molecule has 0 aromatic heterocycles. The normalized spacial score (nSPS) is 11.8. The quantitative estimate of drug-likeness (QED) is 0.847. The molecule has 1 rings (SSSR count). The fraction of sp³-hybridized carbons (Fsp3) is 0.400. The Labute approximate surface area is 111 Å². The third-order valence-electron chi connectivity index (χ3n) is 2.10. The largest absolute Gasteiger partial charge is 0.497 e. The van der Waals surface area contributed by atoms with Crippen LogP contribution in [0.15, 0.2) is 23.1 Å². The number of halogens is 2. The van der Waals surface area contributed by atoms with Crippen molar-refractivity contribution < 1.29 is 13.2 Å². The van der Waals surface area contributed by atoms with E-state index in [4.69, 9.17) is 27.9 Å². The second kappa shape index (κ2) is 5.91. The first-order chi connectivity index (χ1) is 7.86. The van der Waals surface area contributed by atoms with Crippen LogP contribution in [0.5, 0.6) is 5.75 Å². The maximum atomic E-state index is 11.9. The Morgan fingerprint density at radius 3 is 2.53 bits per heavy atom.